The van der Waals surface area contributed by atoms with Crippen molar-refractivity contribution in [1.29, 1.82) is 0 Å². The lowest BCUT2D eigenvalue weighted by atomic mass is 9.86. The summed E-state index contributed by atoms with van der Waals surface area (Å²) in [6.07, 6.45) is 0. The lowest BCUT2D eigenvalue weighted by molar-refractivity contribution is 0.186. The highest BCUT2D eigenvalue weighted by Crippen LogP contribution is 2.31. The number of benzene rings is 1. The van der Waals surface area contributed by atoms with Gasteiger partial charge in [-0.2, -0.15) is 0 Å². The molecule has 0 bridgehead atoms. The number of nitrogens with one attached hydrogen (secondary N) is 1. The van der Waals surface area contributed by atoms with Gasteiger partial charge in [0, 0.05) is 23.6 Å². The van der Waals surface area contributed by atoms with Gasteiger partial charge in [-0.1, -0.05) is 39.0 Å². The molecule has 0 aliphatic heterocycles. The van der Waals surface area contributed by atoms with Gasteiger partial charge in [0.15, 0.2) is 0 Å². The van der Waals surface area contributed by atoms with Crippen LogP contribution in [0.4, 0.5) is 5.82 Å². The number of fused-ring (bicyclic) bond motifs is 1. The average Bonchev–Trinajstić information content (AvgIpc) is 2.37. The van der Waals surface area contributed by atoms with E-state index in [9.17, 15) is 0 Å². The first-order chi connectivity index (χ1) is 8.97. The number of hydrogen-bond acceptors (Lipinski definition) is 4. The molecule has 19 heavy (non-hydrogen) atoms. The molecule has 0 unspecified atom stereocenters. The van der Waals surface area contributed by atoms with Crippen molar-refractivity contribution in [3.8, 4) is 0 Å². The molecular formula is C15H21N3O. The Labute approximate surface area is 113 Å². The topological polar surface area (TPSA) is 60.2 Å². The van der Waals surface area contributed by atoms with Gasteiger partial charge in [0.2, 0.25) is 0 Å². The highest BCUT2D eigenvalue weighted by atomic mass is 16.5. The second-order valence-corrected chi connectivity index (χ2v) is 5.70. The molecule has 0 fully saturated rings. The van der Waals surface area contributed by atoms with E-state index in [1.54, 1.807) is 7.11 Å². The second-order valence-electron chi connectivity index (χ2n) is 5.70. The third-order valence-electron chi connectivity index (χ3n) is 3.17. The molecule has 0 saturated heterocycles. The van der Waals surface area contributed by atoms with Crippen LogP contribution in [-0.4, -0.2) is 12.1 Å². The Morgan fingerprint density at radius 1 is 1.32 bits per heavy atom. The number of methoxy groups -OCH3 is 1. The predicted molar refractivity (Wildman–Crippen MR) is 79.0 cm³/mol. The van der Waals surface area contributed by atoms with Crippen LogP contribution in [0.3, 0.4) is 0 Å². The number of pyridine rings is 1. The molecule has 0 aliphatic rings. The largest absolute Gasteiger partial charge is 0.380 e. The zero-order valence-corrected chi connectivity index (χ0v) is 11.9. The van der Waals surface area contributed by atoms with Crippen LogP contribution in [0, 0.1) is 0 Å². The molecular weight excluding hydrogens is 238 g/mol. The van der Waals surface area contributed by atoms with Crippen LogP contribution >= 0.6 is 0 Å². The van der Waals surface area contributed by atoms with Crippen LogP contribution in [0.2, 0.25) is 0 Å². The van der Waals surface area contributed by atoms with Gasteiger partial charge in [-0.25, -0.2) is 10.8 Å². The Hall–Kier alpha value is -1.65. The maximum absolute atomic E-state index is 5.62. The quantitative estimate of drug-likeness (QED) is 0.657. The molecule has 3 N–H and O–H groups in total. The molecule has 0 aliphatic carbocycles. The minimum atomic E-state index is -0.0137. The van der Waals surface area contributed by atoms with Crippen molar-refractivity contribution in [2.45, 2.75) is 32.8 Å². The molecule has 102 valence electrons. The van der Waals surface area contributed by atoms with E-state index in [1.807, 2.05) is 12.1 Å². The van der Waals surface area contributed by atoms with E-state index in [0.29, 0.717) is 6.61 Å². The first-order valence-corrected chi connectivity index (χ1v) is 6.36. The minimum Gasteiger partial charge on any atom is -0.380 e. The molecule has 2 rings (SSSR count). The van der Waals surface area contributed by atoms with E-state index < -0.39 is 0 Å². The average molecular weight is 259 g/mol. The normalized spacial score (nSPS) is 11.8. The van der Waals surface area contributed by atoms with Gasteiger partial charge < -0.3 is 10.2 Å². The van der Waals surface area contributed by atoms with Crippen molar-refractivity contribution < 1.29 is 4.74 Å². The molecule has 0 atom stereocenters. The number of nitrogen functional groups attached to an aromatic ring is 1. The highest BCUT2D eigenvalue weighted by molar-refractivity contribution is 5.85. The number of ether oxygens (including phenoxy) is 1. The van der Waals surface area contributed by atoms with E-state index >= 15 is 0 Å². The number of nitrogens with two attached hydrogens (primary N) is 1. The first kappa shape index (κ1) is 13.8. The number of nitrogens with zero attached hydrogens (tertiary/aromatic N) is 1. The van der Waals surface area contributed by atoms with Crippen LogP contribution in [0.15, 0.2) is 24.3 Å². The number of para-hydroxylation sites is 1. The van der Waals surface area contributed by atoms with E-state index in [2.05, 4.69) is 43.3 Å². The number of rotatable bonds is 3. The van der Waals surface area contributed by atoms with Gasteiger partial charge in [-0.05, 0) is 11.5 Å². The van der Waals surface area contributed by atoms with Crippen molar-refractivity contribution in [1.82, 2.24) is 4.98 Å². The number of anilines is 1. The van der Waals surface area contributed by atoms with Crippen molar-refractivity contribution in [3.05, 3.63) is 35.4 Å². The van der Waals surface area contributed by atoms with Gasteiger partial charge in [0.1, 0.15) is 5.82 Å². The first-order valence-electron chi connectivity index (χ1n) is 6.36. The molecule has 4 heteroatoms. The lowest BCUT2D eigenvalue weighted by Crippen LogP contribution is -2.19. The fourth-order valence-corrected chi connectivity index (χ4v) is 2.21. The zero-order chi connectivity index (χ0) is 14.0. The smallest absolute Gasteiger partial charge is 0.144 e. The molecule has 0 spiro atoms. The molecule has 0 amide bonds. The Morgan fingerprint density at radius 3 is 2.63 bits per heavy atom. The van der Waals surface area contributed by atoms with Gasteiger partial charge in [0.05, 0.1) is 12.1 Å². The summed E-state index contributed by atoms with van der Waals surface area (Å²) < 4.78 is 5.22. The summed E-state index contributed by atoms with van der Waals surface area (Å²) in [7, 11) is 1.68. The van der Waals surface area contributed by atoms with Crippen LogP contribution in [0.5, 0.6) is 0 Å². The summed E-state index contributed by atoms with van der Waals surface area (Å²) in [4.78, 5) is 4.66. The van der Waals surface area contributed by atoms with Crippen molar-refractivity contribution in [2.24, 2.45) is 5.84 Å². The SMILES string of the molecule is COCc1cccc2cc(C(C)(C)C)c(NN)nc12. The second kappa shape index (κ2) is 5.15. The summed E-state index contributed by atoms with van der Waals surface area (Å²) in [5.41, 5.74) is 5.81. The monoisotopic (exact) mass is 259 g/mol. The fourth-order valence-electron chi connectivity index (χ4n) is 2.21. The summed E-state index contributed by atoms with van der Waals surface area (Å²) in [5, 5.41) is 1.11. The molecule has 4 nitrogen and oxygen atoms in total. The molecule has 0 radical (unpaired) electrons. The Morgan fingerprint density at radius 2 is 2.05 bits per heavy atom. The standard InChI is InChI=1S/C15H21N3O/c1-15(2,3)12-8-10-6-5-7-11(9-19-4)13(10)17-14(12)18-16/h5-8H,9,16H2,1-4H3,(H,17,18). The molecule has 0 saturated carbocycles. The third-order valence-corrected chi connectivity index (χ3v) is 3.17. The predicted octanol–water partition coefficient (Wildman–Crippen LogP) is 2.96. The Kier molecular flexibility index (Phi) is 3.73. The molecule has 2 aromatic rings. The van der Waals surface area contributed by atoms with E-state index in [1.165, 1.54) is 0 Å². The van der Waals surface area contributed by atoms with Crippen LogP contribution in [0.1, 0.15) is 31.9 Å². The van der Waals surface area contributed by atoms with Crippen molar-refractivity contribution in [2.75, 3.05) is 12.5 Å². The van der Waals surface area contributed by atoms with Gasteiger partial charge >= 0.3 is 0 Å². The number of aromatic nitrogens is 1. The fraction of sp³-hybridized carbons (Fsp3) is 0.400. The van der Waals surface area contributed by atoms with E-state index in [-0.39, 0.29) is 5.41 Å². The van der Waals surface area contributed by atoms with Crippen molar-refractivity contribution >= 4 is 16.7 Å². The van der Waals surface area contributed by atoms with Crippen LogP contribution < -0.4 is 11.3 Å². The zero-order valence-electron chi connectivity index (χ0n) is 11.9. The number of hydrogen-bond donors (Lipinski definition) is 2. The van der Waals surface area contributed by atoms with Crippen molar-refractivity contribution in [3.63, 3.8) is 0 Å². The summed E-state index contributed by atoms with van der Waals surface area (Å²) in [5.74, 6) is 6.34. The summed E-state index contributed by atoms with van der Waals surface area (Å²) in [6, 6.07) is 8.27. The maximum Gasteiger partial charge on any atom is 0.144 e. The van der Waals surface area contributed by atoms with Crippen LogP contribution in [-0.2, 0) is 16.8 Å². The van der Waals surface area contributed by atoms with E-state index in [0.717, 1.165) is 27.8 Å². The summed E-state index contributed by atoms with van der Waals surface area (Å²) >= 11 is 0. The Balaban J connectivity index is 2.70. The minimum absolute atomic E-state index is 0.0137. The molecule has 1 heterocycles. The summed E-state index contributed by atoms with van der Waals surface area (Å²) in [6.45, 7) is 6.99. The lowest BCUT2D eigenvalue weighted by Gasteiger charge is -2.22. The van der Waals surface area contributed by atoms with Gasteiger partial charge in [-0.3, -0.25) is 0 Å². The maximum atomic E-state index is 5.62. The third kappa shape index (κ3) is 2.69. The van der Waals surface area contributed by atoms with E-state index in [4.69, 9.17) is 10.6 Å². The highest BCUT2D eigenvalue weighted by Gasteiger charge is 2.20. The van der Waals surface area contributed by atoms with Crippen LogP contribution in [0.25, 0.3) is 10.9 Å². The van der Waals surface area contributed by atoms with Gasteiger partial charge in [-0.15, -0.1) is 0 Å². The molecule has 1 aromatic heterocycles. The van der Waals surface area contributed by atoms with Gasteiger partial charge in [0.25, 0.3) is 0 Å². The number of hydrazine groups is 1. The molecule has 1 aromatic carbocycles. The Bertz CT molecular complexity index is 588.